The summed E-state index contributed by atoms with van der Waals surface area (Å²) in [5, 5.41) is 0. The second-order valence-corrected chi connectivity index (χ2v) is 5.62. The third-order valence-corrected chi connectivity index (χ3v) is 4.36. The molecule has 19 heavy (non-hydrogen) atoms. The average molecular weight is 270 g/mol. The largest absolute Gasteiger partial charge is 0.352 e. The number of hydrogen-bond acceptors (Lipinski definition) is 4. The van der Waals surface area contributed by atoms with Crippen LogP contribution in [0.5, 0.6) is 0 Å². The second kappa shape index (κ2) is 8.20. The van der Waals surface area contributed by atoms with Crippen LogP contribution in [-0.2, 0) is 9.47 Å². The van der Waals surface area contributed by atoms with Gasteiger partial charge in [0.05, 0.1) is 0 Å². The molecule has 4 heteroatoms. The Morgan fingerprint density at radius 2 is 1.53 bits per heavy atom. The third kappa shape index (κ3) is 4.71. The van der Waals surface area contributed by atoms with E-state index in [1.807, 2.05) is 13.8 Å². The number of hydrogen-bond donors (Lipinski definition) is 0. The molecule has 0 amide bonds. The van der Waals surface area contributed by atoms with Crippen LogP contribution in [0.4, 0.5) is 0 Å². The summed E-state index contributed by atoms with van der Waals surface area (Å²) in [6.45, 7) is 11.2. The minimum Gasteiger partial charge on any atom is -0.352 e. The monoisotopic (exact) mass is 270 g/mol. The molecule has 1 saturated heterocycles. The number of piperazine rings is 1. The van der Waals surface area contributed by atoms with Crippen molar-refractivity contribution in [2.24, 2.45) is 0 Å². The van der Waals surface area contributed by atoms with Crippen molar-refractivity contribution in [3.8, 4) is 0 Å². The fourth-order valence-corrected chi connectivity index (χ4v) is 3.32. The Labute approximate surface area is 118 Å². The molecule has 4 nitrogen and oxygen atoms in total. The Kier molecular flexibility index (Phi) is 6.57. The quantitative estimate of drug-likeness (QED) is 0.660. The summed E-state index contributed by atoms with van der Waals surface area (Å²) in [6, 6.07) is 0.872. The number of rotatable bonds is 7. The van der Waals surface area contributed by atoms with Crippen molar-refractivity contribution >= 4 is 0 Å². The zero-order chi connectivity index (χ0) is 13.5. The summed E-state index contributed by atoms with van der Waals surface area (Å²) in [6.07, 6.45) is 5.65. The number of ether oxygens (including phenoxy) is 2. The Morgan fingerprint density at radius 3 is 2.05 bits per heavy atom. The molecule has 112 valence electrons. The summed E-state index contributed by atoms with van der Waals surface area (Å²) >= 11 is 0. The molecule has 1 heterocycles. The van der Waals surface area contributed by atoms with Crippen LogP contribution >= 0.6 is 0 Å². The maximum absolute atomic E-state index is 5.63. The van der Waals surface area contributed by atoms with Gasteiger partial charge in [0, 0.05) is 52.0 Å². The molecule has 1 aliphatic heterocycles. The van der Waals surface area contributed by atoms with Gasteiger partial charge in [-0.3, -0.25) is 9.80 Å². The van der Waals surface area contributed by atoms with Gasteiger partial charge in [-0.05, 0) is 26.7 Å². The van der Waals surface area contributed by atoms with E-state index in [1.54, 1.807) is 0 Å². The molecule has 2 fully saturated rings. The van der Waals surface area contributed by atoms with Crippen molar-refractivity contribution in [3.63, 3.8) is 0 Å². The van der Waals surface area contributed by atoms with Crippen molar-refractivity contribution < 1.29 is 9.47 Å². The smallest absolute Gasteiger partial charge is 0.170 e. The fraction of sp³-hybridized carbons (Fsp3) is 1.00. The SMILES string of the molecule is CCOC(CN1CCN(C2CCCC2)CC1)OCC. The number of nitrogens with zero attached hydrogens (tertiary/aromatic N) is 2. The van der Waals surface area contributed by atoms with Gasteiger partial charge < -0.3 is 9.47 Å². The van der Waals surface area contributed by atoms with Gasteiger partial charge in [-0.15, -0.1) is 0 Å². The first-order valence-electron chi connectivity index (χ1n) is 8.03. The van der Waals surface area contributed by atoms with E-state index in [0.29, 0.717) is 0 Å². The predicted molar refractivity (Wildman–Crippen MR) is 77.3 cm³/mol. The van der Waals surface area contributed by atoms with Gasteiger partial charge in [0.1, 0.15) is 0 Å². The topological polar surface area (TPSA) is 24.9 Å². The van der Waals surface area contributed by atoms with E-state index in [2.05, 4.69) is 9.80 Å². The molecule has 0 bridgehead atoms. The summed E-state index contributed by atoms with van der Waals surface area (Å²) in [5.74, 6) is 0. The van der Waals surface area contributed by atoms with Crippen molar-refractivity contribution in [2.45, 2.75) is 51.9 Å². The zero-order valence-corrected chi connectivity index (χ0v) is 12.6. The molecule has 0 aromatic carbocycles. The molecule has 0 unspecified atom stereocenters. The molecule has 0 aromatic heterocycles. The molecule has 1 saturated carbocycles. The van der Waals surface area contributed by atoms with Gasteiger partial charge in [0.2, 0.25) is 0 Å². The molecule has 2 rings (SSSR count). The lowest BCUT2D eigenvalue weighted by Crippen LogP contribution is -2.51. The average Bonchev–Trinajstić information content (AvgIpc) is 2.94. The van der Waals surface area contributed by atoms with Crippen molar-refractivity contribution in [3.05, 3.63) is 0 Å². The Balaban J connectivity index is 1.69. The lowest BCUT2D eigenvalue weighted by atomic mass is 10.2. The van der Waals surface area contributed by atoms with Crippen LogP contribution in [0.3, 0.4) is 0 Å². The second-order valence-electron chi connectivity index (χ2n) is 5.62. The molecule has 0 radical (unpaired) electrons. The van der Waals surface area contributed by atoms with Crippen LogP contribution in [-0.4, -0.2) is 68.1 Å². The predicted octanol–water partition coefficient (Wildman–Crippen LogP) is 1.95. The highest BCUT2D eigenvalue weighted by Crippen LogP contribution is 2.24. The van der Waals surface area contributed by atoms with Gasteiger partial charge in [0.15, 0.2) is 6.29 Å². The van der Waals surface area contributed by atoms with E-state index >= 15 is 0 Å². The van der Waals surface area contributed by atoms with E-state index < -0.39 is 0 Å². The van der Waals surface area contributed by atoms with Gasteiger partial charge in [0.25, 0.3) is 0 Å². The maximum Gasteiger partial charge on any atom is 0.170 e. The Hall–Kier alpha value is -0.160. The summed E-state index contributed by atoms with van der Waals surface area (Å²) in [7, 11) is 0. The van der Waals surface area contributed by atoms with Gasteiger partial charge >= 0.3 is 0 Å². The highest BCUT2D eigenvalue weighted by atomic mass is 16.7. The maximum atomic E-state index is 5.63. The minimum atomic E-state index is -0.0481. The fourth-order valence-electron chi connectivity index (χ4n) is 3.32. The van der Waals surface area contributed by atoms with Crippen LogP contribution in [0.15, 0.2) is 0 Å². The van der Waals surface area contributed by atoms with Crippen LogP contribution in [0.2, 0.25) is 0 Å². The third-order valence-electron chi connectivity index (χ3n) is 4.36. The Morgan fingerprint density at radius 1 is 0.947 bits per heavy atom. The molecule has 0 N–H and O–H groups in total. The van der Waals surface area contributed by atoms with Gasteiger partial charge in [-0.25, -0.2) is 0 Å². The molecular weight excluding hydrogens is 240 g/mol. The minimum absolute atomic E-state index is 0.0481. The molecular formula is C15H30N2O2. The summed E-state index contributed by atoms with van der Waals surface area (Å²) < 4.78 is 11.3. The first kappa shape index (κ1) is 15.2. The highest BCUT2D eigenvalue weighted by molar-refractivity contribution is 4.82. The first-order chi connectivity index (χ1) is 9.33. The summed E-state index contributed by atoms with van der Waals surface area (Å²) in [4.78, 5) is 5.18. The summed E-state index contributed by atoms with van der Waals surface area (Å²) in [5.41, 5.74) is 0. The van der Waals surface area contributed by atoms with Crippen molar-refractivity contribution in [2.75, 3.05) is 45.9 Å². The lowest BCUT2D eigenvalue weighted by Gasteiger charge is -2.39. The molecule has 0 atom stereocenters. The van der Waals surface area contributed by atoms with E-state index in [-0.39, 0.29) is 6.29 Å². The zero-order valence-electron chi connectivity index (χ0n) is 12.6. The standard InChI is InChI=1S/C15H30N2O2/c1-3-18-15(19-4-2)13-16-9-11-17(12-10-16)14-7-5-6-8-14/h14-15H,3-13H2,1-2H3. The van der Waals surface area contributed by atoms with Crippen LogP contribution < -0.4 is 0 Å². The molecule has 2 aliphatic rings. The van der Waals surface area contributed by atoms with E-state index in [0.717, 1.165) is 38.9 Å². The molecule has 0 spiro atoms. The molecule has 0 aromatic rings. The Bertz CT molecular complexity index is 230. The molecule has 1 aliphatic carbocycles. The van der Waals surface area contributed by atoms with Crippen LogP contribution in [0.1, 0.15) is 39.5 Å². The van der Waals surface area contributed by atoms with E-state index in [4.69, 9.17) is 9.47 Å². The van der Waals surface area contributed by atoms with Gasteiger partial charge in [-0.2, -0.15) is 0 Å². The lowest BCUT2D eigenvalue weighted by molar-refractivity contribution is -0.149. The van der Waals surface area contributed by atoms with Crippen molar-refractivity contribution in [1.29, 1.82) is 0 Å². The van der Waals surface area contributed by atoms with Crippen LogP contribution in [0.25, 0.3) is 0 Å². The van der Waals surface area contributed by atoms with Crippen LogP contribution in [0, 0.1) is 0 Å². The normalized spacial score (nSPS) is 23.5. The van der Waals surface area contributed by atoms with E-state index in [1.165, 1.54) is 38.8 Å². The van der Waals surface area contributed by atoms with Gasteiger partial charge in [-0.1, -0.05) is 12.8 Å². The first-order valence-corrected chi connectivity index (χ1v) is 8.03. The highest BCUT2D eigenvalue weighted by Gasteiger charge is 2.27. The van der Waals surface area contributed by atoms with Crippen molar-refractivity contribution in [1.82, 2.24) is 9.80 Å². The van der Waals surface area contributed by atoms with E-state index in [9.17, 15) is 0 Å².